The van der Waals surface area contributed by atoms with Crippen LogP contribution in [0.2, 0.25) is 20.1 Å². The van der Waals surface area contributed by atoms with Gasteiger partial charge in [0.05, 0.1) is 34.6 Å². The Morgan fingerprint density at radius 3 is 1.60 bits per heavy atom. The lowest BCUT2D eigenvalue weighted by molar-refractivity contribution is -0.138. The number of allylic oxidation sites excluding steroid dienone is 3. The fourth-order valence-electron chi connectivity index (χ4n) is 5.80. The summed E-state index contributed by atoms with van der Waals surface area (Å²) < 4.78 is 80.7. The molecule has 2 aliphatic carbocycles. The van der Waals surface area contributed by atoms with Crippen molar-refractivity contribution in [2.45, 2.75) is 62.7 Å². The number of hydrogen-bond donors (Lipinski definition) is 0. The van der Waals surface area contributed by atoms with Gasteiger partial charge in [-0.25, -0.2) is 9.36 Å². The molecule has 52 heavy (non-hydrogen) atoms. The van der Waals surface area contributed by atoms with E-state index >= 15 is 0 Å². The van der Waals surface area contributed by atoms with Gasteiger partial charge in [0, 0.05) is 29.4 Å². The number of aromatic nitrogens is 4. The molecule has 0 aliphatic heterocycles. The molecule has 0 radical (unpaired) electrons. The molecule has 6 nitrogen and oxygen atoms in total. The van der Waals surface area contributed by atoms with Crippen molar-refractivity contribution in [1.82, 2.24) is 19.6 Å². The van der Waals surface area contributed by atoms with E-state index in [0.29, 0.717) is 5.56 Å². The molecular formula is C34H22Br2Cl4F6N6. The summed E-state index contributed by atoms with van der Waals surface area (Å²) in [5.74, 6) is 0.137. The first-order valence-corrected chi connectivity index (χ1v) is 18.3. The summed E-state index contributed by atoms with van der Waals surface area (Å²) in [5.41, 5.74) is 1.39. The van der Waals surface area contributed by atoms with E-state index in [2.05, 4.69) is 48.1 Å². The highest BCUT2D eigenvalue weighted by Gasteiger charge is 2.35. The Labute approximate surface area is 330 Å². The van der Waals surface area contributed by atoms with Crippen molar-refractivity contribution in [2.75, 3.05) is 0 Å². The van der Waals surface area contributed by atoms with E-state index in [4.69, 9.17) is 46.4 Å². The normalized spacial score (nSPS) is 17.4. The van der Waals surface area contributed by atoms with Crippen LogP contribution in [0.5, 0.6) is 0 Å². The summed E-state index contributed by atoms with van der Waals surface area (Å²) in [5, 5.41) is 26.3. The lowest BCUT2D eigenvalue weighted by Gasteiger charge is -2.29. The van der Waals surface area contributed by atoms with Crippen LogP contribution in [-0.4, -0.2) is 19.6 Å². The van der Waals surface area contributed by atoms with Crippen molar-refractivity contribution >= 4 is 78.3 Å². The van der Waals surface area contributed by atoms with E-state index < -0.39 is 23.5 Å². The topological polar surface area (TPSA) is 83.2 Å². The summed E-state index contributed by atoms with van der Waals surface area (Å²) in [7, 11) is 0. The van der Waals surface area contributed by atoms with Crippen molar-refractivity contribution < 1.29 is 26.3 Å². The molecule has 2 heterocycles. The van der Waals surface area contributed by atoms with Crippen LogP contribution < -0.4 is 0 Å². The van der Waals surface area contributed by atoms with E-state index in [1.807, 2.05) is 18.2 Å². The third-order valence-corrected chi connectivity index (χ3v) is 10.7. The smallest absolute Gasteiger partial charge is 0.236 e. The molecule has 6 rings (SSSR count). The van der Waals surface area contributed by atoms with Crippen molar-refractivity contribution in [3.8, 4) is 23.5 Å². The zero-order valence-corrected chi connectivity index (χ0v) is 32.4. The monoisotopic (exact) mass is 926 g/mol. The second-order valence-corrected chi connectivity index (χ2v) is 16.1. The SMILES string of the molecule is N#Cc1nn(-c2c(Cl)cc(C(F)(F)F)cc2Cl)cc1C1C=CCCCC1.N#Cc1nn(-c2c(Cl)cc(C(F)(F)F)cc2Cl)cc1C1CC(=C(Br)Br)C1. The van der Waals surface area contributed by atoms with Gasteiger partial charge in [-0.2, -0.15) is 47.1 Å². The zero-order chi connectivity index (χ0) is 38.1. The largest absolute Gasteiger partial charge is 0.416 e. The zero-order valence-electron chi connectivity index (χ0n) is 26.2. The first-order chi connectivity index (χ1) is 24.4. The minimum absolute atomic E-state index is 0.0351. The van der Waals surface area contributed by atoms with Gasteiger partial charge < -0.3 is 0 Å². The second-order valence-electron chi connectivity index (χ2n) is 11.8. The lowest BCUT2D eigenvalue weighted by Crippen LogP contribution is -2.13. The number of nitriles is 2. The van der Waals surface area contributed by atoms with Crippen LogP contribution in [-0.2, 0) is 12.4 Å². The van der Waals surface area contributed by atoms with Gasteiger partial charge in [-0.05, 0) is 99.7 Å². The summed E-state index contributed by atoms with van der Waals surface area (Å²) in [6.45, 7) is 0. The molecule has 1 atom stereocenters. The average Bonchev–Trinajstić information content (AvgIpc) is 3.53. The van der Waals surface area contributed by atoms with Crippen molar-refractivity contribution in [1.29, 1.82) is 10.5 Å². The maximum atomic E-state index is 12.9. The Hall–Kier alpha value is -2.98. The van der Waals surface area contributed by atoms with Crippen molar-refractivity contribution in [3.05, 3.63) is 112 Å². The molecule has 2 aromatic carbocycles. The number of alkyl halides is 6. The predicted molar refractivity (Wildman–Crippen MR) is 194 cm³/mol. The van der Waals surface area contributed by atoms with Gasteiger partial charge in [-0.15, -0.1) is 0 Å². The van der Waals surface area contributed by atoms with E-state index in [-0.39, 0.29) is 54.7 Å². The number of rotatable bonds is 4. The van der Waals surface area contributed by atoms with E-state index in [1.54, 1.807) is 12.4 Å². The molecule has 2 aliphatic rings. The molecule has 0 spiro atoms. The Bertz CT molecular complexity index is 2100. The molecule has 0 N–H and O–H groups in total. The van der Waals surface area contributed by atoms with Gasteiger partial charge >= 0.3 is 12.4 Å². The molecule has 0 amide bonds. The highest BCUT2D eigenvalue weighted by atomic mass is 79.9. The molecule has 18 heteroatoms. The van der Waals surface area contributed by atoms with Gasteiger partial charge in [0.2, 0.25) is 0 Å². The Balaban J connectivity index is 0.000000201. The van der Waals surface area contributed by atoms with Gasteiger partial charge in [-0.1, -0.05) is 65.0 Å². The fraction of sp³-hybridized carbons (Fsp3) is 0.294. The predicted octanol–water partition coefficient (Wildman–Crippen LogP) is 13.2. The van der Waals surface area contributed by atoms with Crippen LogP contribution in [0.25, 0.3) is 11.4 Å². The van der Waals surface area contributed by atoms with Crippen LogP contribution in [0.3, 0.4) is 0 Å². The number of hydrogen-bond acceptors (Lipinski definition) is 4. The minimum Gasteiger partial charge on any atom is -0.236 e. The van der Waals surface area contributed by atoms with Crippen LogP contribution in [0.15, 0.2) is 57.8 Å². The molecule has 1 fully saturated rings. The lowest BCUT2D eigenvalue weighted by atomic mass is 9.77. The summed E-state index contributed by atoms with van der Waals surface area (Å²) >= 11 is 30.9. The molecular weight excluding hydrogens is 908 g/mol. The minimum atomic E-state index is -4.56. The first kappa shape index (κ1) is 40.2. The number of halogens is 12. The quantitative estimate of drug-likeness (QED) is 0.151. The van der Waals surface area contributed by atoms with E-state index in [1.165, 1.54) is 14.9 Å². The highest BCUT2D eigenvalue weighted by Crippen LogP contribution is 2.47. The van der Waals surface area contributed by atoms with Gasteiger partial charge in [0.25, 0.3) is 0 Å². The highest BCUT2D eigenvalue weighted by molar-refractivity contribution is 9.28. The van der Waals surface area contributed by atoms with Crippen LogP contribution >= 0.6 is 78.3 Å². The number of benzene rings is 2. The first-order valence-electron chi connectivity index (χ1n) is 15.2. The fourth-order valence-corrected chi connectivity index (χ4v) is 7.76. The van der Waals surface area contributed by atoms with E-state index in [9.17, 15) is 36.9 Å². The molecule has 0 saturated heterocycles. The Morgan fingerprint density at radius 2 is 1.17 bits per heavy atom. The molecule has 4 aromatic rings. The van der Waals surface area contributed by atoms with Crippen LogP contribution in [0.1, 0.15) is 84.0 Å². The molecule has 1 saturated carbocycles. The van der Waals surface area contributed by atoms with Gasteiger partial charge in [-0.3, -0.25) is 0 Å². The van der Waals surface area contributed by atoms with Crippen LogP contribution in [0.4, 0.5) is 26.3 Å². The van der Waals surface area contributed by atoms with Gasteiger partial charge in [0.1, 0.15) is 23.5 Å². The number of nitrogens with zero attached hydrogens (tertiary/aromatic N) is 6. The standard InChI is InChI=1S/C18H14Cl2F3N3.C16H8Br2Cl2F3N3/c19-14-7-12(18(21,22)23)8-15(20)17(14)26-10-13(16(9-24)25-26)11-5-3-1-2-4-6-11;17-15(18)8-1-7(2-8)10-6-26(25-13(10)5-24)14-11(19)3-9(4-12(14)20)16(21,22)23/h3,5,7-8,10-11H,1-2,4,6H2;3-4,6-7H,1-2H2. The average molecular weight is 930 g/mol. The summed E-state index contributed by atoms with van der Waals surface area (Å²) in [6, 6.07) is 7.26. The second kappa shape index (κ2) is 16.2. The molecule has 2 aromatic heterocycles. The maximum absolute atomic E-state index is 12.9. The third-order valence-electron chi connectivity index (χ3n) is 8.44. The Morgan fingerprint density at radius 1 is 0.731 bits per heavy atom. The maximum Gasteiger partial charge on any atom is 0.416 e. The van der Waals surface area contributed by atoms with Crippen molar-refractivity contribution in [2.24, 2.45) is 0 Å². The van der Waals surface area contributed by atoms with Crippen LogP contribution in [0, 0.1) is 22.7 Å². The molecule has 0 bridgehead atoms. The third kappa shape index (κ3) is 8.86. The summed E-state index contributed by atoms with van der Waals surface area (Å²) in [4.78, 5) is 0. The summed E-state index contributed by atoms with van der Waals surface area (Å²) in [6.07, 6.45) is 3.71. The molecule has 1 unspecified atom stereocenters. The van der Waals surface area contributed by atoms with Crippen molar-refractivity contribution in [3.63, 3.8) is 0 Å². The van der Waals surface area contributed by atoms with E-state index in [0.717, 1.165) is 71.7 Å². The van der Waals surface area contributed by atoms with Gasteiger partial charge in [0.15, 0.2) is 11.4 Å². The Kier molecular flexibility index (Phi) is 12.5. The molecule has 272 valence electrons.